The van der Waals surface area contributed by atoms with E-state index in [0.29, 0.717) is 21.5 Å². The highest BCUT2D eigenvalue weighted by Gasteiger charge is 2.18. The van der Waals surface area contributed by atoms with Gasteiger partial charge in [-0.05, 0) is 54.3 Å². The van der Waals surface area contributed by atoms with Crippen LogP contribution in [0.5, 0.6) is 0 Å². The first kappa shape index (κ1) is 18.9. The predicted molar refractivity (Wildman–Crippen MR) is 104 cm³/mol. The fourth-order valence-electron chi connectivity index (χ4n) is 2.56. The molecule has 3 N–H and O–H groups in total. The lowest BCUT2D eigenvalue weighted by atomic mass is 10.1. The Bertz CT molecular complexity index is 1170. The van der Waals surface area contributed by atoms with Crippen LogP contribution in [0.2, 0.25) is 0 Å². The Labute approximate surface area is 159 Å². The number of carbonyl (C=O) groups is 2. The zero-order valence-electron chi connectivity index (χ0n) is 14.5. The second-order valence-electron chi connectivity index (χ2n) is 5.80. The van der Waals surface area contributed by atoms with Crippen LogP contribution in [0.4, 0.5) is 5.69 Å². The van der Waals surface area contributed by atoms with E-state index in [4.69, 9.17) is 10.5 Å². The number of methoxy groups -OCH3 is 1. The second-order valence-corrected chi connectivity index (χ2v) is 8.57. The van der Waals surface area contributed by atoms with Crippen LogP contribution >= 0.6 is 11.3 Å². The standard InChI is InChI=1S/C18H16N2O5S2/c1-10-3-5-13(9-14(10)17(19)21)27(23,24)20-12-4-6-15-11(7-12)8-16(26-15)18(22)25-2/h3-9,20H,1-2H3,(H2,19,21). The molecule has 0 saturated heterocycles. The van der Waals surface area contributed by atoms with Gasteiger partial charge in [-0.15, -0.1) is 11.3 Å². The van der Waals surface area contributed by atoms with Crippen LogP contribution in [-0.2, 0) is 14.8 Å². The van der Waals surface area contributed by atoms with Crippen molar-refractivity contribution in [1.29, 1.82) is 0 Å². The number of hydrogen-bond acceptors (Lipinski definition) is 6. The van der Waals surface area contributed by atoms with E-state index in [-0.39, 0.29) is 10.5 Å². The number of amides is 1. The van der Waals surface area contributed by atoms with Crippen molar-refractivity contribution in [3.8, 4) is 0 Å². The van der Waals surface area contributed by atoms with Gasteiger partial charge in [0, 0.05) is 16.0 Å². The molecule has 1 heterocycles. The number of nitrogens with one attached hydrogen (secondary N) is 1. The third-order valence-electron chi connectivity index (χ3n) is 3.94. The van der Waals surface area contributed by atoms with Crippen molar-refractivity contribution >= 4 is 49.0 Å². The molecule has 9 heteroatoms. The number of fused-ring (bicyclic) bond motifs is 1. The summed E-state index contributed by atoms with van der Waals surface area (Å²) in [5, 5.41) is 0.710. The Kier molecular flexibility index (Phi) is 4.90. The molecule has 0 aliphatic carbocycles. The highest BCUT2D eigenvalue weighted by Crippen LogP contribution is 2.29. The number of thiophene rings is 1. The van der Waals surface area contributed by atoms with E-state index in [1.807, 2.05) is 0 Å². The van der Waals surface area contributed by atoms with Crippen LogP contribution in [-0.4, -0.2) is 27.4 Å². The number of anilines is 1. The number of primary amides is 1. The average Bonchev–Trinajstić information content (AvgIpc) is 3.04. The van der Waals surface area contributed by atoms with Gasteiger partial charge in [0.15, 0.2) is 0 Å². The fourth-order valence-corrected chi connectivity index (χ4v) is 4.59. The quantitative estimate of drug-likeness (QED) is 0.635. The Morgan fingerprint density at radius 2 is 1.85 bits per heavy atom. The highest BCUT2D eigenvalue weighted by molar-refractivity contribution is 7.92. The van der Waals surface area contributed by atoms with Gasteiger partial charge in [0.25, 0.3) is 10.0 Å². The topological polar surface area (TPSA) is 116 Å². The summed E-state index contributed by atoms with van der Waals surface area (Å²) in [7, 11) is -2.62. The summed E-state index contributed by atoms with van der Waals surface area (Å²) in [5.74, 6) is -1.14. The predicted octanol–water partition coefficient (Wildman–Crippen LogP) is 2.90. The number of hydrogen-bond donors (Lipinski definition) is 2. The van der Waals surface area contributed by atoms with E-state index in [1.54, 1.807) is 31.2 Å². The van der Waals surface area contributed by atoms with Crippen LogP contribution < -0.4 is 10.5 Å². The van der Waals surface area contributed by atoms with Gasteiger partial charge >= 0.3 is 5.97 Å². The molecular formula is C18H16N2O5S2. The van der Waals surface area contributed by atoms with E-state index in [1.165, 1.54) is 36.6 Å². The SMILES string of the molecule is COC(=O)c1cc2cc(NS(=O)(=O)c3ccc(C)c(C(N)=O)c3)ccc2s1. The molecule has 2 aromatic carbocycles. The minimum atomic E-state index is -3.91. The summed E-state index contributed by atoms with van der Waals surface area (Å²) in [6.45, 7) is 1.67. The van der Waals surface area contributed by atoms with Crippen molar-refractivity contribution in [3.05, 3.63) is 58.5 Å². The molecule has 3 aromatic rings. The van der Waals surface area contributed by atoms with E-state index < -0.39 is 21.9 Å². The van der Waals surface area contributed by atoms with E-state index in [2.05, 4.69) is 4.72 Å². The monoisotopic (exact) mass is 404 g/mol. The number of esters is 1. The number of benzene rings is 2. The number of carbonyl (C=O) groups excluding carboxylic acids is 2. The molecule has 0 unspecified atom stereocenters. The van der Waals surface area contributed by atoms with Crippen LogP contribution in [0.1, 0.15) is 25.6 Å². The molecule has 0 fully saturated rings. The maximum absolute atomic E-state index is 12.6. The third-order valence-corrected chi connectivity index (χ3v) is 6.41. The van der Waals surface area contributed by atoms with Crippen LogP contribution in [0.25, 0.3) is 10.1 Å². The van der Waals surface area contributed by atoms with Crippen molar-refractivity contribution in [3.63, 3.8) is 0 Å². The van der Waals surface area contributed by atoms with Crippen LogP contribution in [0.15, 0.2) is 47.4 Å². The lowest BCUT2D eigenvalue weighted by Gasteiger charge is -2.10. The summed E-state index contributed by atoms with van der Waals surface area (Å²) in [5.41, 5.74) is 6.36. The maximum Gasteiger partial charge on any atom is 0.348 e. The van der Waals surface area contributed by atoms with Gasteiger partial charge in [-0.25, -0.2) is 13.2 Å². The molecule has 27 heavy (non-hydrogen) atoms. The average molecular weight is 404 g/mol. The maximum atomic E-state index is 12.6. The first-order chi connectivity index (χ1) is 12.7. The molecule has 0 radical (unpaired) electrons. The Balaban J connectivity index is 1.95. The van der Waals surface area contributed by atoms with E-state index in [9.17, 15) is 18.0 Å². The number of ether oxygens (including phenoxy) is 1. The van der Waals surface area contributed by atoms with Crippen LogP contribution in [0.3, 0.4) is 0 Å². The third kappa shape index (κ3) is 3.79. The minimum absolute atomic E-state index is 0.0671. The first-order valence-corrected chi connectivity index (χ1v) is 10.1. The van der Waals surface area contributed by atoms with Gasteiger partial charge in [-0.1, -0.05) is 6.07 Å². The molecule has 0 atom stereocenters. The molecule has 0 aliphatic rings. The molecule has 0 spiro atoms. The minimum Gasteiger partial charge on any atom is -0.465 e. The van der Waals surface area contributed by atoms with Gasteiger partial charge in [0.2, 0.25) is 5.91 Å². The molecular weight excluding hydrogens is 388 g/mol. The zero-order valence-corrected chi connectivity index (χ0v) is 16.1. The van der Waals surface area contributed by atoms with Crippen molar-refractivity contribution in [2.45, 2.75) is 11.8 Å². The van der Waals surface area contributed by atoms with E-state index >= 15 is 0 Å². The smallest absolute Gasteiger partial charge is 0.348 e. The largest absolute Gasteiger partial charge is 0.465 e. The van der Waals surface area contributed by atoms with Crippen molar-refractivity contribution < 1.29 is 22.7 Å². The number of aryl methyl sites for hydroxylation is 1. The normalized spacial score (nSPS) is 11.3. The van der Waals surface area contributed by atoms with Gasteiger partial charge in [0.1, 0.15) is 4.88 Å². The first-order valence-electron chi connectivity index (χ1n) is 7.76. The molecule has 7 nitrogen and oxygen atoms in total. The van der Waals surface area contributed by atoms with Gasteiger partial charge in [0.05, 0.1) is 12.0 Å². The second kappa shape index (κ2) is 7.01. The summed E-state index contributed by atoms with van der Waals surface area (Å²) >= 11 is 1.26. The Morgan fingerprint density at radius 1 is 1.11 bits per heavy atom. The van der Waals surface area contributed by atoms with E-state index in [0.717, 1.165) is 4.70 Å². The lowest BCUT2D eigenvalue weighted by Crippen LogP contribution is -2.17. The van der Waals surface area contributed by atoms with Crippen LogP contribution in [0, 0.1) is 6.92 Å². The molecule has 1 amide bonds. The summed E-state index contributed by atoms with van der Waals surface area (Å²) in [6, 6.07) is 10.8. The molecule has 0 bridgehead atoms. The van der Waals surface area contributed by atoms with Crippen molar-refractivity contribution in [1.82, 2.24) is 0 Å². The van der Waals surface area contributed by atoms with Crippen molar-refractivity contribution in [2.75, 3.05) is 11.8 Å². The number of sulfonamides is 1. The zero-order chi connectivity index (χ0) is 19.8. The molecule has 0 aliphatic heterocycles. The molecule has 3 rings (SSSR count). The molecule has 1 aromatic heterocycles. The van der Waals surface area contributed by atoms with Gasteiger partial charge in [-0.3, -0.25) is 9.52 Å². The van der Waals surface area contributed by atoms with Gasteiger partial charge in [-0.2, -0.15) is 0 Å². The Morgan fingerprint density at radius 3 is 2.52 bits per heavy atom. The highest BCUT2D eigenvalue weighted by atomic mass is 32.2. The molecule has 0 saturated carbocycles. The lowest BCUT2D eigenvalue weighted by molar-refractivity contribution is 0.0606. The Hall–Kier alpha value is -2.91. The molecule has 140 valence electrons. The fraction of sp³-hybridized carbons (Fsp3) is 0.111. The number of nitrogens with two attached hydrogens (primary N) is 1. The summed E-state index contributed by atoms with van der Waals surface area (Å²) in [4.78, 5) is 23.5. The summed E-state index contributed by atoms with van der Waals surface area (Å²) < 4.78 is 33.3. The summed E-state index contributed by atoms with van der Waals surface area (Å²) in [6.07, 6.45) is 0. The van der Waals surface area contributed by atoms with Crippen molar-refractivity contribution in [2.24, 2.45) is 5.73 Å². The van der Waals surface area contributed by atoms with Gasteiger partial charge < -0.3 is 10.5 Å². The number of rotatable bonds is 5.